The molecule has 3 aromatic rings. The van der Waals surface area contributed by atoms with Crippen molar-refractivity contribution in [1.82, 2.24) is 10.2 Å². The summed E-state index contributed by atoms with van der Waals surface area (Å²) in [5.41, 5.74) is 3.40. The Morgan fingerprint density at radius 2 is 1.76 bits per heavy atom. The minimum Gasteiger partial charge on any atom is -0.481 e. The number of nitrogens with one attached hydrogen (secondary N) is 1. The lowest BCUT2D eigenvalue weighted by atomic mass is 9.87. The molecule has 7 heteroatoms. The fourth-order valence-electron chi connectivity index (χ4n) is 4.63. The van der Waals surface area contributed by atoms with E-state index in [-0.39, 0.29) is 35.9 Å². The molecule has 37 heavy (non-hydrogen) atoms. The van der Waals surface area contributed by atoms with Crippen LogP contribution in [0.2, 0.25) is 0 Å². The minimum atomic E-state index is -0.784. The Balaban J connectivity index is 1.55. The Labute approximate surface area is 216 Å². The molecule has 1 heterocycles. The molecule has 0 radical (unpaired) electrons. The second-order valence-electron chi connectivity index (χ2n) is 9.86. The first kappa shape index (κ1) is 26.3. The van der Waals surface area contributed by atoms with Gasteiger partial charge in [0.2, 0.25) is 5.91 Å². The first-order valence-corrected chi connectivity index (χ1v) is 12.6. The molecular weight excluding hydrogens is 474 g/mol. The number of nitrogens with zero attached hydrogens (tertiary/aromatic N) is 1. The largest absolute Gasteiger partial charge is 0.481 e. The number of carbonyl (C=O) groups is 2. The SMILES string of the molecule is CC(C)CC(=O)N1CCc2ccc(O[C@@H](C)C(=O)NCc3ccc(F)cc3)cc2[C@@H]1c1cccc(F)c1. The Bertz CT molecular complexity index is 1260. The molecule has 3 aromatic carbocycles. The van der Waals surface area contributed by atoms with Crippen LogP contribution in [-0.4, -0.2) is 29.4 Å². The topological polar surface area (TPSA) is 58.6 Å². The molecule has 5 nitrogen and oxygen atoms in total. The number of rotatable bonds is 8. The molecule has 1 aliphatic rings. The number of ether oxygens (including phenoxy) is 1. The van der Waals surface area contributed by atoms with E-state index in [1.165, 1.54) is 24.3 Å². The summed E-state index contributed by atoms with van der Waals surface area (Å²) in [6.07, 6.45) is 0.301. The number of benzene rings is 3. The van der Waals surface area contributed by atoms with Crippen LogP contribution in [0.4, 0.5) is 8.78 Å². The van der Waals surface area contributed by atoms with Crippen LogP contribution in [0.25, 0.3) is 0 Å². The maximum absolute atomic E-state index is 14.2. The zero-order valence-corrected chi connectivity index (χ0v) is 21.3. The van der Waals surface area contributed by atoms with Crippen molar-refractivity contribution in [1.29, 1.82) is 0 Å². The van der Waals surface area contributed by atoms with E-state index >= 15 is 0 Å². The molecule has 0 bridgehead atoms. The van der Waals surface area contributed by atoms with Gasteiger partial charge in [0.05, 0.1) is 6.04 Å². The van der Waals surface area contributed by atoms with Gasteiger partial charge >= 0.3 is 0 Å². The Morgan fingerprint density at radius 3 is 2.46 bits per heavy atom. The zero-order valence-electron chi connectivity index (χ0n) is 21.3. The van der Waals surface area contributed by atoms with Crippen molar-refractivity contribution in [2.24, 2.45) is 5.92 Å². The van der Waals surface area contributed by atoms with Crippen molar-refractivity contribution in [3.8, 4) is 5.75 Å². The van der Waals surface area contributed by atoms with Crippen LogP contribution in [0.5, 0.6) is 5.75 Å². The second-order valence-corrected chi connectivity index (χ2v) is 9.86. The third-order valence-corrected chi connectivity index (χ3v) is 6.48. The maximum Gasteiger partial charge on any atom is 0.261 e. The molecule has 0 spiro atoms. The lowest BCUT2D eigenvalue weighted by Gasteiger charge is -2.38. The number of fused-ring (bicyclic) bond motifs is 1. The number of hydrogen-bond acceptors (Lipinski definition) is 3. The van der Waals surface area contributed by atoms with Gasteiger partial charge in [-0.15, -0.1) is 0 Å². The van der Waals surface area contributed by atoms with Crippen LogP contribution < -0.4 is 10.1 Å². The van der Waals surface area contributed by atoms with Crippen molar-refractivity contribution in [3.63, 3.8) is 0 Å². The first-order chi connectivity index (χ1) is 17.7. The zero-order chi connectivity index (χ0) is 26.5. The van der Waals surface area contributed by atoms with Crippen molar-refractivity contribution in [2.75, 3.05) is 6.54 Å². The van der Waals surface area contributed by atoms with E-state index in [1.54, 1.807) is 25.1 Å². The van der Waals surface area contributed by atoms with E-state index in [0.29, 0.717) is 30.7 Å². The number of amides is 2. The van der Waals surface area contributed by atoms with Crippen molar-refractivity contribution >= 4 is 11.8 Å². The van der Waals surface area contributed by atoms with Gasteiger partial charge in [-0.25, -0.2) is 8.78 Å². The third kappa shape index (κ3) is 6.53. The van der Waals surface area contributed by atoms with Crippen LogP contribution in [-0.2, 0) is 22.6 Å². The van der Waals surface area contributed by atoms with E-state index < -0.39 is 12.1 Å². The van der Waals surface area contributed by atoms with Crippen LogP contribution in [0, 0.1) is 17.6 Å². The molecule has 0 saturated carbocycles. The number of carbonyl (C=O) groups excluding carboxylic acids is 2. The number of halogens is 2. The summed E-state index contributed by atoms with van der Waals surface area (Å²) in [4.78, 5) is 27.6. The average Bonchev–Trinajstić information content (AvgIpc) is 2.87. The monoisotopic (exact) mass is 506 g/mol. The van der Waals surface area contributed by atoms with E-state index in [0.717, 1.165) is 16.7 Å². The van der Waals surface area contributed by atoms with E-state index in [9.17, 15) is 18.4 Å². The Hall–Kier alpha value is -3.74. The standard InChI is InChI=1S/C30H32F2N2O3/c1-19(2)15-28(35)34-14-13-22-9-12-26(17-27(22)29(34)23-5-4-6-25(32)16-23)37-20(3)30(36)33-18-21-7-10-24(31)11-8-21/h4-12,16-17,19-20,29H,13-15,18H2,1-3H3,(H,33,36)/t20-,29-/m0/s1. The van der Waals surface area contributed by atoms with Crippen LogP contribution in [0.3, 0.4) is 0 Å². The lowest BCUT2D eigenvalue weighted by Crippen LogP contribution is -2.41. The molecule has 1 N–H and O–H groups in total. The van der Waals surface area contributed by atoms with Gasteiger partial charge in [0, 0.05) is 19.5 Å². The highest BCUT2D eigenvalue weighted by Crippen LogP contribution is 2.38. The molecule has 0 aromatic heterocycles. The van der Waals surface area contributed by atoms with Gasteiger partial charge in [-0.1, -0.05) is 44.2 Å². The molecule has 194 valence electrons. The van der Waals surface area contributed by atoms with Gasteiger partial charge < -0.3 is 15.0 Å². The highest BCUT2D eigenvalue weighted by atomic mass is 19.1. The molecule has 1 aliphatic heterocycles. The fraction of sp³-hybridized carbons (Fsp3) is 0.333. The predicted molar refractivity (Wildman–Crippen MR) is 138 cm³/mol. The van der Waals surface area contributed by atoms with E-state index in [2.05, 4.69) is 5.32 Å². The highest BCUT2D eigenvalue weighted by Gasteiger charge is 2.33. The third-order valence-electron chi connectivity index (χ3n) is 6.48. The summed E-state index contributed by atoms with van der Waals surface area (Å²) >= 11 is 0. The summed E-state index contributed by atoms with van der Waals surface area (Å²) in [5.74, 6) is -0.291. The van der Waals surface area contributed by atoms with Crippen molar-refractivity contribution in [3.05, 3.63) is 101 Å². The van der Waals surface area contributed by atoms with Gasteiger partial charge in [0.1, 0.15) is 17.4 Å². The van der Waals surface area contributed by atoms with Gasteiger partial charge in [0.15, 0.2) is 6.10 Å². The summed E-state index contributed by atoms with van der Waals surface area (Å²) in [7, 11) is 0. The molecule has 0 saturated heterocycles. The second kappa shape index (κ2) is 11.5. The Morgan fingerprint density at radius 1 is 1.00 bits per heavy atom. The van der Waals surface area contributed by atoms with Gasteiger partial charge in [-0.05, 0) is 77.9 Å². The molecule has 0 unspecified atom stereocenters. The molecule has 2 amide bonds. The van der Waals surface area contributed by atoms with Gasteiger partial charge in [-0.3, -0.25) is 9.59 Å². The van der Waals surface area contributed by atoms with E-state index in [1.807, 2.05) is 43.0 Å². The van der Waals surface area contributed by atoms with Crippen LogP contribution in [0.1, 0.15) is 55.5 Å². The van der Waals surface area contributed by atoms with Gasteiger partial charge in [0.25, 0.3) is 5.91 Å². The highest BCUT2D eigenvalue weighted by molar-refractivity contribution is 5.80. The summed E-state index contributed by atoms with van der Waals surface area (Å²) < 4.78 is 33.3. The summed E-state index contributed by atoms with van der Waals surface area (Å²) in [5, 5.41) is 2.80. The summed E-state index contributed by atoms with van der Waals surface area (Å²) in [6, 6.07) is 17.4. The van der Waals surface area contributed by atoms with Crippen LogP contribution >= 0.6 is 0 Å². The van der Waals surface area contributed by atoms with Gasteiger partial charge in [-0.2, -0.15) is 0 Å². The first-order valence-electron chi connectivity index (χ1n) is 12.6. The quantitative estimate of drug-likeness (QED) is 0.435. The summed E-state index contributed by atoms with van der Waals surface area (Å²) in [6.45, 7) is 6.46. The predicted octanol–water partition coefficient (Wildman–Crippen LogP) is 5.57. The lowest BCUT2D eigenvalue weighted by molar-refractivity contribution is -0.134. The number of hydrogen-bond donors (Lipinski definition) is 1. The molecule has 4 rings (SSSR count). The molecule has 0 fully saturated rings. The fourth-order valence-corrected chi connectivity index (χ4v) is 4.63. The smallest absolute Gasteiger partial charge is 0.261 e. The molecule has 2 atom stereocenters. The Kier molecular flexibility index (Phi) is 8.21. The minimum absolute atomic E-state index is 0.0229. The average molecular weight is 507 g/mol. The normalized spacial score (nSPS) is 15.7. The molecule has 0 aliphatic carbocycles. The van der Waals surface area contributed by atoms with Crippen LogP contribution in [0.15, 0.2) is 66.7 Å². The van der Waals surface area contributed by atoms with E-state index in [4.69, 9.17) is 4.74 Å². The van der Waals surface area contributed by atoms with Crippen molar-refractivity contribution < 1.29 is 23.1 Å². The van der Waals surface area contributed by atoms with Crippen molar-refractivity contribution in [2.45, 2.75) is 52.3 Å². The molecular formula is C30H32F2N2O3. The maximum atomic E-state index is 14.2.